The molecule has 0 atom stereocenters. The van der Waals surface area contributed by atoms with Gasteiger partial charge in [0.1, 0.15) is 17.6 Å². The van der Waals surface area contributed by atoms with E-state index in [0.29, 0.717) is 39.7 Å². The number of nitrogens with zero attached hydrogens (tertiary/aromatic N) is 2. The van der Waals surface area contributed by atoms with Gasteiger partial charge in [0.2, 0.25) is 5.90 Å². The average Bonchev–Trinajstić information content (AvgIpc) is 3.28. The Morgan fingerprint density at radius 3 is 2.53 bits per heavy atom. The van der Waals surface area contributed by atoms with Crippen LogP contribution < -0.4 is 14.2 Å². The van der Waals surface area contributed by atoms with Crippen molar-refractivity contribution in [2.75, 3.05) is 13.7 Å². The third-order valence-electron chi connectivity index (χ3n) is 5.28. The Hall–Kier alpha value is -4.83. The highest BCUT2D eigenvalue weighted by atomic mass is 16.6. The standard InChI is InChI=1S/C27H18N2O5/c1-31-24-15-18(11-12-22(24)32-14-13-28)23-16-20(19-9-5-6-10-21(19)33-23)25-27(30)34-26(29-25)17-7-3-2-4-8-17/h2-12,15-16H,14H2,1H3/b25-20-. The molecule has 0 aliphatic carbocycles. The molecule has 0 radical (unpaired) electrons. The van der Waals surface area contributed by atoms with Crippen molar-refractivity contribution in [1.29, 1.82) is 5.26 Å². The van der Waals surface area contributed by atoms with Crippen LogP contribution >= 0.6 is 0 Å². The van der Waals surface area contributed by atoms with Crippen molar-refractivity contribution in [3.63, 3.8) is 0 Å². The summed E-state index contributed by atoms with van der Waals surface area (Å²) in [7, 11) is 1.52. The molecule has 3 aromatic carbocycles. The maximum Gasteiger partial charge on any atom is 0.364 e. The molecule has 5 rings (SSSR count). The van der Waals surface area contributed by atoms with Crippen LogP contribution in [0.4, 0.5) is 0 Å². The molecule has 0 spiro atoms. The number of allylic oxidation sites excluding steroid dienone is 2. The van der Waals surface area contributed by atoms with E-state index in [4.69, 9.17) is 24.2 Å². The molecule has 2 aliphatic heterocycles. The van der Waals surface area contributed by atoms with Crippen LogP contribution in [0.5, 0.6) is 17.2 Å². The number of carbonyl (C=O) groups is 1. The summed E-state index contributed by atoms with van der Waals surface area (Å²) in [5, 5.41) is 8.79. The second-order valence-corrected chi connectivity index (χ2v) is 7.35. The zero-order valence-electron chi connectivity index (χ0n) is 18.1. The number of hydrogen-bond donors (Lipinski definition) is 0. The lowest BCUT2D eigenvalue weighted by Gasteiger charge is -2.21. The van der Waals surface area contributed by atoms with Gasteiger partial charge in [0, 0.05) is 22.3 Å². The predicted octanol–water partition coefficient (Wildman–Crippen LogP) is 4.75. The van der Waals surface area contributed by atoms with E-state index in [0.717, 1.165) is 5.56 Å². The molecule has 0 aromatic heterocycles. The maximum absolute atomic E-state index is 12.8. The van der Waals surface area contributed by atoms with E-state index < -0.39 is 5.97 Å². The van der Waals surface area contributed by atoms with Crippen molar-refractivity contribution in [2.24, 2.45) is 4.99 Å². The van der Waals surface area contributed by atoms with Gasteiger partial charge in [0.25, 0.3) is 0 Å². The monoisotopic (exact) mass is 450 g/mol. The zero-order valence-corrected chi connectivity index (χ0v) is 18.1. The van der Waals surface area contributed by atoms with Gasteiger partial charge in [-0.2, -0.15) is 5.26 Å². The second kappa shape index (κ2) is 8.96. The highest BCUT2D eigenvalue weighted by Gasteiger charge is 2.30. The van der Waals surface area contributed by atoms with Gasteiger partial charge in [0.15, 0.2) is 23.8 Å². The summed E-state index contributed by atoms with van der Waals surface area (Å²) in [4.78, 5) is 17.3. The first-order valence-corrected chi connectivity index (χ1v) is 10.5. The normalized spacial score (nSPS) is 16.4. The smallest absolute Gasteiger partial charge is 0.364 e. The van der Waals surface area contributed by atoms with E-state index in [1.54, 1.807) is 24.3 Å². The number of ether oxygens (including phenoxy) is 4. The summed E-state index contributed by atoms with van der Waals surface area (Å²) < 4.78 is 22.5. The number of hydrogen-bond acceptors (Lipinski definition) is 7. The van der Waals surface area contributed by atoms with Crippen molar-refractivity contribution in [3.8, 4) is 23.3 Å². The van der Waals surface area contributed by atoms with Crippen molar-refractivity contribution < 1.29 is 23.7 Å². The molecule has 0 saturated heterocycles. The van der Waals surface area contributed by atoms with E-state index in [1.807, 2.05) is 60.7 Å². The Labute approximate surface area is 195 Å². The van der Waals surface area contributed by atoms with Crippen LogP contribution in [0, 0.1) is 11.3 Å². The Bertz CT molecular complexity index is 1410. The molecule has 34 heavy (non-hydrogen) atoms. The number of aliphatic imine (C=N–C) groups is 1. The fraction of sp³-hybridized carbons (Fsp3) is 0.0741. The van der Waals surface area contributed by atoms with Crippen LogP contribution in [-0.4, -0.2) is 25.6 Å². The third kappa shape index (κ3) is 3.89. The molecule has 3 aromatic rings. The number of nitriles is 1. The summed E-state index contributed by atoms with van der Waals surface area (Å²) in [6.45, 7) is -0.0949. The van der Waals surface area contributed by atoms with Gasteiger partial charge in [-0.15, -0.1) is 0 Å². The minimum atomic E-state index is -0.529. The first-order valence-electron chi connectivity index (χ1n) is 10.5. The topological polar surface area (TPSA) is 90.1 Å². The lowest BCUT2D eigenvalue weighted by Crippen LogP contribution is -2.08. The minimum absolute atomic E-state index is 0.0949. The summed E-state index contributed by atoms with van der Waals surface area (Å²) in [5.41, 5.74) is 2.95. The largest absolute Gasteiger partial charge is 0.493 e. The average molecular weight is 450 g/mol. The van der Waals surface area contributed by atoms with Gasteiger partial charge >= 0.3 is 5.97 Å². The number of rotatable bonds is 5. The van der Waals surface area contributed by atoms with Gasteiger partial charge in [-0.25, -0.2) is 9.79 Å². The van der Waals surface area contributed by atoms with E-state index in [2.05, 4.69) is 4.99 Å². The number of para-hydroxylation sites is 1. The fourth-order valence-corrected chi connectivity index (χ4v) is 3.70. The Balaban J connectivity index is 1.62. The Morgan fingerprint density at radius 1 is 0.941 bits per heavy atom. The molecule has 0 unspecified atom stereocenters. The van der Waals surface area contributed by atoms with Crippen molar-refractivity contribution in [3.05, 3.63) is 101 Å². The number of benzene rings is 3. The molecule has 7 nitrogen and oxygen atoms in total. The number of methoxy groups -OCH3 is 1. The molecule has 0 saturated carbocycles. The molecule has 2 heterocycles. The fourth-order valence-electron chi connectivity index (χ4n) is 3.70. The van der Waals surface area contributed by atoms with Crippen molar-refractivity contribution >= 4 is 23.2 Å². The van der Waals surface area contributed by atoms with E-state index in [-0.39, 0.29) is 18.2 Å². The SMILES string of the molecule is COc1cc(C2=C/C(=C3/N=C(c4ccccc4)OC3=O)c3ccccc3O2)ccc1OCC#N. The first-order chi connectivity index (χ1) is 16.7. The molecule has 166 valence electrons. The highest BCUT2D eigenvalue weighted by molar-refractivity contribution is 6.15. The van der Waals surface area contributed by atoms with Gasteiger partial charge in [-0.3, -0.25) is 0 Å². The first kappa shape index (κ1) is 21.0. The molecule has 0 fully saturated rings. The Morgan fingerprint density at radius 2 is 1.74 bits per heavy atom. The lowest BCUT2D eigenvalue weighted by molar-refractivity contribution is -0.129. The van der Waals surface area contributed by atoms with Gasteiger partial charge < -0.3 is 18.9 Å². The van der Waals surface area contributed by atoms with Crippen LogP contribution in [-0.2, 0) is 9.53 Å². The molecule has 0 N–H and O–H groups in total. The number of fused-ring (bicyclic) bond motifs is 1. The van der Waals surface area contributed by atoms with Crippen LogP contribution in [0.1, 0.15) is 16.7 Å². The molecule has 0 bridgehead atoms. The summed E-state index contributed by atoms with van der Waals surface area (Å²) in [5.74, 6) is 1.71. The van der Waals surface area contributed by atoms with E-state index >= 15 is 0 Å². The number of carbonyl (C=O) groups excluding carboxylic acids is 1. The number of esters is 1. The molecule has 0 amide bonds. The molecular weight excluding hydrogens is 432 g/mol. The summed E-state index contributed by atoms with van der Waals surface area (Å²) in [6.07, 6.45) is 1.76. The number of cyclic esters (lactones) is 1. The van der Waals surface area contributed by atoms with Crippen LogP contribution in [0.15, 0.2) is 89.6 Å². The molecule has 2 aliphatic rings. The molecule has 7 heteroatoms. The third-order valence-corrected chi connectivity index (χ3v) is 5.28. The predicted molar refractivity (Wildman–Crippen MR) is 125 cm³/mol. The molecular formula is C27H18N2O5. The zero-order chi connectivity index (χ0) is 23.5. The minimum Gasteiger partial charge on any atom is -0.493 e. The van der Waals surface area contributed by atoms with E-state index in [9.17, 15) is 4.79 Å². The van der Waals surface area contributed by atoms with Crippen molar-refractivity contribution in [2.45, 2.75) is 0 Å². The van der Waals surface area contributed by atoms with Crippen LogP contribution in [0.3, 0.4) is 0 Å². The highest BCUT2D eigenvalue weighted by Crippen LogP contribution is 2.41. The van der Waals surface area contributed by atoms with Crippen LogP contribution in [0.2, 0.25) is 0 Å². The van der Waals surface area contributed by atoms with Gasteiger partial charge in [0.05, 0.1) is 7.11 Å². The second-order valence-electron chi connectivity index (χ2n) is 7.35. The summed E-state index contributed by atoms with van der Waals surface area (Å²) in [6, 6.07) is 23.9. The van der Waals surface area contributed by atoms with Crippen molar-refractivity contribution in [1.82, 2.24) is 0 Å². The summed E-state index contributed by atoms with van der Waals surface area (Å²) >= 11 is 0. The maximum atomic E-state index is 12.8. The van der Waals surface area contributed by atoms with Gasteiger partial charge in [-0.1, -0.05) is 36.4 Å². The van der Waals surface area contributed by atoms with E-state index in [1.165, 1.54) is 7.11 Å². The van der Waals surface area contributed by atoms with Crippen LogP contribution in [0.25, 0.3) is 11.3 Å². The lowest BCUT2D eigenvalue weighted by atomic mass is 9.97. The van der Waals surface area contributed by atoms with Gasteiger partial charge in [-0.05, 0) is 42.5 Å². The quantitative estimate of drug-likeness (QED) is 0.412. The Kier molecular flexibility index (Phi) is 5.55.